The smallest absolute Gasteiger partial charge is 0.335 e. The second-order valence-electron chi connectivity index (χ2n) is 6.98. The third-order valence-corrected chi connectivity index (χ3v) is 5.24. The molecule has 5 nitrogen and oxygen atoms in total. The van der Waals surface area contributed by atoms with Crippen LogP contribution >= 0.6 is 23.2 Å². The van der Waals surface area contributed by atoms with Gasteiger partial charge in [0, 0.05) is 10.0 Å². The summed E-state index contributed by atoms with van der Waals surface area (Å²) in [7, 11) is 0. The van der Waals surface area contributed by atoms with Crippen molar-refractivity contribution in [1.29, 1.82) is 0 Å². The molecule has 3 aromatic rings. The summed E-state index contributed by atoms with van der Waals surface area (Å²) in [4.78, 5) is 28.6. The van der Waals surface area contributed by atoms with Crippen LogP contribution in [0.5, 0.6) is 5.88 Å². The summed E-state index contributed by atoms with van der Waals surface area (Å²) in [5.74, 6) is -0.146. The summed E-state index contributed by atoms with van der Waals surface area (Å²) in [6.07, 6.45) is 0. The first-order chi connectivity index (χ1) is 12.8. The summed E-state index contributed by atoms with van der Waals surface area (Å²) < 4.78 is 7.04. The molecule has 2 heterocycles. The summed E-state index contributed by atoms with van der Waals surface area (Å²) in [5, 5.41) is 1.13. The maximum Gasteiger partial charge on any atom is 0.335 e. The molecule has 0 radical (unpaired) electrons. The highest BCUT2D eigenvalue weighted by atomic mass is 35.5. The first-order valence-electron chi connectivity index (χ1n) is 8.37. The topological polar surface area (TPSA) is 64.1 Å². The van der Waals surface area contributed by atoms with Crippen LogP contribution in [0.3, 0.4) is 0 Å². The van der Waals surface area contributed by atoms with Crippen molar-refractivity contribution < 1.29 is 4.74 Å². The molecule has 0 amide bonds. The number of nitrogens with zero attached hydrogens (tertiary/aromatic N) is 1. The van der Waals surface area contributed by atoms with Gasteiger partial charge in [0.25, 0.3) is 5.56 Å². The molecular weight excluding hydrogens is 387 g/mol. The third-order valence-electron chi connectivity index (χ3n) is 4.74. The standard InChI is InChI=1S/C20H16Cl2N2O3/c1-20(2)16(11-3-5-12(21)6-4-11)15-17(27-20)23-19(26)24(18(15)25)14-9-7-13(22)8-10-14/h3-10,16H,1-2H3,(H,23,26)/t16-/m1/s1. The lowest BCUT2D eigenvalue weighted by atomic mass is 9.82. The van der Waals surface area contributed by atoms with E-state index in [9.17, 15) is 9.59 Å². The molecule has 2 aromatic carbocycles. The van der Waals surface area contributed by atoms with Crippen molar-refractivity contribution in [3.05, 3.63) is 90.5 Å². The Morgan fingerprint density at radius 3 is 2.11 bits per heavy atom. The van der Waals surface area contributed by atoms with Crippen LogP contribution in [0.2, 0.25) is 10.0 Å². The van der Waals surface area contributed by atoms with Gasteiger partial charge in [0.2, 0.25) is 5.88 Å². The van der Waals surface area contributed by atoms with Gasteiger partial charge in [-0.15, -0.1) is 0 Å². The van der Waals surface area contributed by atoms with Gasteiger partial charge in [-0.3, -0.25) is 9.78 Å². The van der Waals surface area contributed by atoms with E-state index < -0.39 is 16.9 Å². The van der Waals surface area contributed by atoms with E-state index in [0.29, 0.717) is 21.3 Å². The van der Waals surface area contributed by atoms with Crippen LogP contribution in [0.1, 0.15) is 30.9 Å². The predicted molar refractivity (Wildman–Crippen MR) is 106 cm³/mol. The van der Waals surface area contributed by atoms with Gasteiger partial charge in [-0.25, -0.2) is 9.36 Å². The Morgan fingerprint density at radius 2 is 1.52 bits per heavy atom. The Morgan fingerprint density at radius 1 is 0.963 bits per heavy atom. The largest absolute Gasteiger partial charge is 0.471 e. The summed E-state index contributed by atoms with van der Waals surface area (Å²) in [6.45, 7) is 3.77. The van der Waals surface area contributed by atoms with E-state index in [1.807, 2.05) is 26.0 Å². The number of benzene rings is 2. The minimum Gasteiger partial charge on any atom is -0.471 e. The molecule has 0 aliphatic carbocycles. The van der Waals surface area contributed by atoms with Crippen LogP contribution in [0.15, 0.2) is 58.1 Å². The molecule has 1 atom stereocenters. The van der Waals surface area contributed by atoms with Gasteiger partial charge in [0.05, 0.1) is 17.2 Å². The highest BCUT2D eigenvalue weighted by Crippen LogP contribution is 2.45. The second-order valence-corrected chi connectivity index (χ2v) is 7.85. The summed E-state index contributed by atoms with van der Waals surface area (Å²) in [5.41, 5.74) is 0.0484. The number of aromatic nitrogens is 2. The van der Waals surface area contributed by atoms with Gasteiger partial charge in [0.1, 0.15) is 5.60 Å². The molecule has 0 unspecified atom stereocenters. The number of H-pyrrole nitrogens is 1. The zero-order valence-corrected chi connectivity index (χ0v) is 16.1. The summed E-state index contributed by atoms with van der Waals surface area (Å²) in [6, 6.07) is 13.8. The number of ether oxygens (including phenoxy) is 1. The Balaban J connectivity index is 1.97. The van der Waals surface area contributed by atoms with Gasteiger partial charge in [-0.2, -0.15) is 0 Å². The normalized spacial score (nSPS) is 17.4. The lowest BCUT2D eigenvalue weighted by Gasteiger charge is -2.26. The van der Waals surface area contributed by atoms with E-state index in [1.54, 1.807) is 36.4 Å². The molecule has 7 heteroatoms. The first-order valence-corrected chi connectivity index (χ1v) is 9.13. The lowest BCUT2D eigenvalue weighted by Crippen LogP contribution is -2.36. The minimum absolute atomic E-state index is 0.208. The molecule has 1 aromatic heterocycles. The average Bonchev–Trinajstić information content (AvgIpc) is 2.87. The SMILES string of the molecule is CC1(C)Oc2[nH]c(=O)n(-c3ccc(Cl)cc3)c(=O)c2[C@H]1c1ccc(Cl)cc1. The van der Waals surface area contributed by atoms with Gasteiger partial charge >= 0.3 is 5.69 Å². The van der Waals surface area contributed by atoms with E-state index >= 15 is 0 Å². The highest BCUT2D eigenvalue weighted by molar-refractivity contribution is 6.30. The van der Waals surface area contributed by atoms with E-state index in [4.69, 9.17) is 27.9 Å². The number of fused-ring (bicyclic) bond motifs is 1. The highest BCUT2D eigenvalue weighted by Gasteiger charge is 2.45. The van der Waals surface area contributed by atoms with Gasteiger partial charge in [0.15, 0.2) is 0 Å². The number of hydrogen-bond donors (Lipinski definition) is 1. The van der Waals surface area contributed by atoms with Gasteiger partial charge < -0.3 is 4.74 Å². The number of halogens is 2. The van der Waals surface area contributed by atoms with Gasteiger partial charge in [-0.05, 0) is 55.8 Å². The van der Waals surface area contributed by atoms with Crippen molar-refractivity contribution >= 4 is 23.2 Å². The van der Waals surface area contributed by atoms with E-state index in [0.717, 1.165) is 10.1 Å². The second kappa shape index (κ2) is 6.29. The number of aromatic amines is 1. The molecule has 0 saturated carbocycles. The maximum absolute atomic E-state index is 13.3. The Kier molecular flexibility index (Phi) is 4.17. The molecule has 4 rings (SSSR count). The fraction of sp³-hybridized carbons (Fsp3) is 0.200. The zero-order chi connectivity index (χ0) is 19.3. The van der Waals surface area contributed by atoms with Crippen LogP contribution in [0, 0.1) is 0 Å². The van der Waals surface area contributed by atoms with Crippen LogP contribution in [0.25, 0.3) is 5.69 Å². The average molecular weight is 403 g/mol. The molecule has 27 heavy (non-hydrogen) atoms. The van der Waals surface area contributed by atoms with Crippen LogP contribution < -0.4 is 16.0 Å². The van der Waals surface area contributed by atoms with Crippen LogP contribution in [-0.4, -0.2) is 15.2 Å². The number of hydrogen-bond acceptors (Lipinski definition) is 3. The van der Waals surface area contributed by atoms with Crippen LogP contribution in [-0.2, 0) is 0 Å². The first kappa shape index (κ1) is 17.9. The summed E-state index contributed by atoms with van der Waals surface area (Å²) >= 11 is 11.9. The van der Waals surface area contributed by atoms with Crippen molar-refractivity contribution in [2.24, 2.45) is 0 Å². The Bertz CT molecular complexity index is 1130. The molecule has 1 N–H and O–H groups in total. The van der Waals surface area contributed by atoms with Crippen molar-refractivity contribution in [3.8, 4) is 11.6 Å². The minimum atomic E-state index is -0.711. The Hall–Kier alpha value is -2.50. The number of rotatable bonds is 2. The van der Waals surface area contributed by atoms with Gasteiger partial charge in [-0.1, -0.05) is 35.3 Å². The third kappa shape index (κ3) is 2.97. The fourth-order valence-electron chi connectivity index (χ4n) is 3.58. The van der Waals surface area contributed by atoms with E-state index in [1.165, 1.54) is 0 Å². The monoisotopic (exact) mass is 402 g/mol. The number of nitrogens with one attached hydrogen (secondary N) is 1. The molecule has 1 aliphatic rings. The van der Waals surface area contributed by atoms with Crippen molar-refractivity contribution in [2.75, 3.05) is 0 Å². The maximum atomic E-state index is 13.3. The molecule has 0 bridgehead atoms. The molecule has 138 valence electrons. The molecule has 1 aliphatic heterocycles. The quantitative estimate of drug-likeness (QED) is 0.700. The van der Waals surface area contributed by atoms with Crippen molar-refractivity contribution in [2.45, 2.75) is 25.4 Å². The molecule has 0 fully saturated rings. The van der Waals surface area contributed by atoms with Crippen molar-refractivity contribution in [3.63, 3.8) is 0 Å². The Labute approximate surface area is 165 Å². The van der Waals surface area contributed by atoms with Crippen LogP contribution in [0.4, 0.5) is 0 Å². The fourth-order valence-corrected chi connectivity index (χ4v) is 3.83. The zero-order valence-electron chi connectivity index (χ0n) is 14.6. The van der Waals surface area contributed by atoms with Crippen molar-refractivity contribution in [1.82, 2.24) is 9.55 Å². The van der Waals surface area contributed by atoms with E-state index in [-0.39, 0.29) is 11.8 Å². The molecule has 0 spiro atoms. The lowest BCUT2D eigenvalue weighted by molar-refractivity contribution is 0.117. The predicted octanol–water partition coefficient (Wildman–Crippen LogP) is 4.14. The molecule has 0 saturated heterocycles. The molecular formula is C20H16Cl2N2O3. The van der Waals surface area contributed by atoms with E-state index in [2.05, 4.69) is 4.98 Å².